The van der Waals surface area contributed by atoms with E-state index in [9.17, 15) is 9.59 Å². The Bertz CT molecular complexity index is 161. The lowest BCUT2D eigenvalue weighted by Gasteiger charge is -2.23. The number of carboxylic acids is 1. The van der Waals surface area contributed by atoms with Gasteiger partial charge in [-0.2, -0.15) is 0 Å². The summed E-state index contributed by atoms with van der Waals surface area (Å²) in [6.07, 6.45) is 2.12. The quantitative estimate of drug-likeness (QED) is 0.537. The third-order valence-corrected chi connectivity index (χ3v) is 1.94. The average molecular weight is 157 g/mol. The molecular weight excluding hydrogens is 146 g/mol. The van der Waals surface area contributed by atoms with Gasteiger partial charge in [0, 0.05) is 12.5 Å². The van der Waals surface area contributed by atoms with Gasteiger partial charge in [-0.05, 0) is 12.8 Å². The fourth-order valence-corrected chi connectivity index (χ4v) is 1.21. The van der Waals surface area contributed by atoms with Gasteiger partial charge in [-0.1, -0.05) is 0 Å². The number of hydrogen-bond acceptors (Lipinski definition) is 3. The van der Waals surface area contributed by atoms with Crippen molar-refractivity contribution in [1.29, 1.82) is 0 Å². The topological polar surface area (TPSA) is 66.4 Å². The SMILES string of the molecule is O=CC1CCC(C(=O)O)NC1. The summed E-state index contributed by atoms with van der Waals surface area (Å²) in [4.78, 5) is 20.6. The Balaban J connectivity index is 2.35. The van der Waals surface area contributed by atoms with E-state index in [0.717, 1.165) is 6.29 Å². The molecule has 0 aromatic rings. The summed E-state index contributed by atoms with van der Waals surface area (Å²) in [7, 11) is 0. The molecule has 1 aliphatic rings. The van der Waals surface area contributed by atoms with E-state index in [-0.39, 0.29) is 5.92 Å². The Hall–Kier alpha value is -0.900. The molecule has 0 saturated carbocycles. The van der Waals surface area contributed by atoms with Crippen molar-refractivity contribution in [2.45, 2.75) is 18.9 Å². The van der Waals surface area contributed by atoms with Gasteiger partial charge in [0.2, 0.25) is 0 Å². The summed E-state index contributed by atoms with van der Waals surface area (Å²) in [6.45, 7) is 0.500. The minimum atomic E-state index is -0.825. The maximum absolute atomic E-state index is 10.4. The molecule has 2 N–H and O–H groups in total. The van der Waals surface area contributed by atoms with E-state index in [1.54, 1.807) is 0 Å². The molecule has 0 aromatic heterocycles. The molecule has 62 valence electrons. The van der Waals surface area contributed by atoms with Gasteiger partial charge in [-0.3, -0.25) is 4.79 Å². The lowest BCUT2D eigenvalue weighted by atomic mass is 9.96. The van der Waals surface area contributed by atoms with E-state index in [1.165, 1.54) is 0 Å². The zero-order valence-corrected chi connectivity index (χ0v) is 6.12. The molecule has 1 heterocycles. The van der Waals surface area contributed by atoms with Crippen LogP contribution < -0.4 is 5.32 Å². The molecule has 1 saturated heterocycles. The molecule has 0 radical (unpaired) electrons. The average Bonchev–Trinajstić information content (AvgIpc) is 2.05. The molecule has 0 spiro atoms. The number of nitrogens with one attached hydrogen (secondary N) is 1. The van der Waals surface area contributed by atoms with Crippen molar-refractivity contribution in [1.82, 2.24) is 5.32 Å². The number of carboxylic acid groups (broad SMARTS) is 1. The largest absolute Gasteiger partial charge is 0.480 e. The van der Waals surface area contributed by atoms with E-state index in [1.807, 2.05) is 0 Å². The van der Waals surface area contributed by atoms with Crippen LogP contribution in [-0.4, -0.2) is 29.9 Å². The van der Waals surface area contributed by atoms with Gasteiger partial charge in [0.05, 0.1) is 0 Å². The molecule has 1 rings (SSSR count). The molecule has 1 aliphatic heterocycles. The summed E-state index contributed by atoms with van der Waals surface area (Å²) in [6, 6.07) is -0.453. The summed E-state index contributed by atoms with van der Waals surface area (Å²) in [5.74, 6) is -0.819. The third-order valence-electron chi connectivity index (χ3n) is 1.94. The van der Waals surface area contributed by atoms with Gasteiger partial charge in [0.15, 0.2) is 0 Å². The van der Waals surface area contributed by atoms with E-state index >= 15 is 0 Å². The van der Waals surface area contributed by atoms with Crippen molar-refractivity contribution in [3.05, 3.63) is 0 Å². The third kappa shape index (κ3) is 2.01. The maximum Gasteiger partial charge on any atom is 0.320 e. The van der Waals surface area contributed by atoms with Crippen molar-refractivity contribution in [2.75, 3.05) is 6.54 Å². The predicted octanol–water partition coefficient (Wildman–Crippen LogP) is -0.362. The second kappa shape index (κ2) is 3.48. The molecule has 0 aromatic carbocycles. The number of rotatable bonds is 2. The molecule has 4 heteroatoms. The van der Waals surface area contributed by atoms with Crippen LogP contribution in [0.4, 0.5) is 0 Å². The van der Waals surface area contributed by atoms with Crippen LogP contribution in [0, 0.1) is 5.92 Å². The molecule has 2 unspecified atom stereocenters. The summed E-state index contributed by atoms with van der Waals surface area (Å²) >= 11 is 0. The highest BCUT2D eigenvalue weighted by molar-refractivity contribution is 5.73. The highest BCUT2D eigenvalue weighted by atomic mass is 16.4. The first-order valence-corrected chi connectivity index (χ1v) is 3.65. The molecule has 0 aliphatic carbocycles. The molecule has 2 atom stereocenters. The standard InChI is InChI=1S/C7H11NO3/c9-4-5-1-2-6(7(10)11)8-3-5/h4-6,8H,1-3H2,(H,10,11). The Labute approximate surface area is 64.6 Å². The minimum Gasteiger partial charge on any atom is -0.480 e. The highest BCUT2D eigenvalue weighted by Crippen LogP contribution is 2.11. The smallest absolute Gasteiger partial charge is 0.320 e. The number of hydrogen-bond donors (Lipinski definition) is 2. The van der Waals surface area contributed by atoms with E-state index < -0.39 is 12.0 Å². The monoisotopic (exact) mass is 157 g/mol. The molecule has 0 amide bonds. The number of piperidine rings is 1. The number of aliphatic carboxylic acids is 1. The van der Waals surface area contributed by atoms with Crippen molar-refractivity contribution in [3.63, 3.8) is 0 Å². The van der Waals surface area contributed by atoms with Crippen molar-refractivity contribution < 1.29 is 14.7 Å². The fraction of sp³-hybridized carbons (Fsp3) is 0.714. The second-order valence-electron chi connectivity index (χ2n) is 2.77. The minimum absolute atomic E-state index is 0.00519. The van der Waals surface area contributed by atoms with Gasteiger partial charge in [0.1, 0.15) is 12.3 Å². The van der Waals surface area contributed by atoms with Crippen LogP contribution in [0.15, 0.2) is 0 Å². The van der Waals surface area contributed by atoms with Crippen molar-refractivity contribution >= 4 is 12.3 Å². The van der Waals surface area contributed by atoms with Gasteiger partial charge in [0.25, 0.3) is 0 Å². The number of carbonyl (C=O) groups excluding carboxylic acids is 1. The summed E-state index contributed by atoms with van der Waals surface area (Å²) < 4.78 is 0. The Morgan fingerprint density at radius 1 is 1.55 bits per heavy atom. The lowest BCUT2D eigenvalue weighted by Crippen LogP contribution is -2.44. The van der Waals surface area contributed by atoms with E-state index in [4.69, 9.17) is 5.11 Å². The van der Waals surface area contributed by atoms with Crippen LogP contribution in [0.5, 0.6) is 0 Å². The Morgan fingerprint density at radius 2 is 2.27 bits per heavy atom. The molecule has 4 nitrogen and oxygen atoms in total. The van der Waals surface area contributed by atoms with Crippen LogP contribution in [0.1, 0.15) is 12.8 Å². The maximum atomic E-state index is 10.4. The normalized spacial score (nSPS) is 31.3. The van der Waals surface area contributed by atoms with Crippen LogP contribution in [-0.2, 0) is 9.59 Å². The first-order valence-electron chi connectivity index (χ1n) is 3.65. The zero-order chi connectivity index (χ0) is 8.27. The number of aldehydes is 1. The number of carbonyl (C=O) groups is 2. The lowest BCUT2D eigenvalue weighted by molar-refractivity contribution is -0.140. The molecular formula is C7H11NO3. The van der Waals surface area contributed by atoms with Gasteiger partial charge >= 0.3 is 5.97 Å². The van der Waals surface area contributed by atoms with Gasteiger partial charge in [-0.25, -0.2) is 0 Å². The van der Waals surface area contributed by atoms with E-state index in [2.05, 4.69) is 5.32 Å². The Morgan fingerprint density at radius 3 is 2.64 bits per heavy atom. The van der Waals surface area contributed by atoms with Crippen molar-refractivity contribution in [2.24, 2.45) is 5.92 Å². The summed E-state index contributed by atoms with van der Waals surface area (Å²) in [5.41, 5.74) is 0. The van der Waals surface area contributed by atoms with Crippen LogP contribution >= 0.6 is 0 Å². The first kappa shape index (κ1) is 8.20. The van der Waals surface area contributed by atoms with Gasteiger partial charge < -0.3 is 15.2 Å². The second-order valence-corrected chi connectivity index (χ2v) is 2.77. The van der Waals surface area contributed by atoms with Crippen LogP contribution in [0.3, 0.4) is 0 Å². The molecule has 0 bridgehead atoms. The van der Waals surface area contributed by atoms with Crippen LogP contribution in [0.25, 0.3) is 0 Å². The molecule has 11 heavy (non-hydrogen) atoms. The molecule has 1 fully saturated rings. The van der Waals surface area contributed by atoms with E-state index in [0.29, 0.717) is 19.4 Å². The predicted molar refractivity (Wildman–Crippen MR) is 38.2 cm³/mol. The highest BCUT2D eigenvalue weighted by Gasteiger charge is 2.24. The Kier molecular flexibility index (Phi) is 2.59. The zero-order valence-electron chi connectivity index (χ0n) is 6.12. The van der Waals surface area contributed by atoms with Crippen LogP contribution in [0.2, 0.25) is 0 Å². The fourth-order valence-electron chi connectivity index (χ4n) is 1.21. The summed E-state index contributed by atoms with van der Waals surface area (Å²) in [5, 5.41) is 11.3. The van der Waals surface area contributed by atoms with Crippen molar-refractivity contribution in [3.8, 4) is 0 Å². The van der Waals surface area contributed by atoms with Gasteiger partial charge in [-0.15, -0.1) is 0 Å². The first-order chi connectivity index (χ1) is 5.24.